The first-order chi connectivity index (χ1) is 11.8. The molecule has 0 radical (unpaired) electrons. The molecule has 24 heavy (non-hydrogen) atoms. The first-order valence-corrected chi connectivity index (χ1v) is 9.29. The van der Waals surface area contributed by atoms with Gasteiger partial charge in [-0.2, -0.15) is 0 Å². The molecule has 0 spiro atoms. The minimum Gasteiger partial charge on any atom is -0.356 e. The third kappa shape index (κ3) is 3.19. The lowest BCUT2D eigenvalue weighted by Gasteiger charge is -2.33. The average molecular weight is 339 g/mol. The largest absolute Gasteiger partial charge is 0.356 e. The zero-order valence-corrected chi connectivity index (χ0v) is 14.6. The summed E-state index contributed by atoms with van der Waals surface area (Å²) in [7, 11) is 0. The Morgan fingerprint density at radius 1 is 1.25 bits per heavy atom. The highest BCUT2D eigenvalue weighted by molar-refractivity contribution is 7.07. The molecule has 0 aliphatic carbocycles. The highest BCUT2D eigenvalue weighted by atomic mass is 32.1. The van der Waals surface area contributed by atoms with Crippen molar-refractivity contribution in [2.24, 2.45) is 0 Å². The quantitative estimate of drug-likeness (QED) is 0.730. The van der Waals surface area contributed by atoms with Crippen LogP contribution in [0.4, 0.5) is 5.82 Å². The van der Waals surface area contributed by atoms with E-state index in [0.29, 0.717) is 5.92 Å². The van der Waals surface area contributed by atoms with Gasteiger partial charge in [-0.3, -0.25) is 0 Å². The van der Waals surface area contributed by atoms with Gasteiger partial charge < -0.3 is 9.47 Å². The van der Waals surface area contributed by atoms with Crippen LogP contribution in [-0.2, 0) is 6.54 Å². The average Bonchev–Trinajstić information content (AvgIpc) is 3.28. The molecule has 0 amide bonds. The van der Waals surface area contributed by atoms with Crippen LogP contribution in [0.1, 0.15) is 35.8 Å². The maximum Gasteiger partial charge on any atom is 0.128 e. The molecular formula is C18H21N5S. The number of piperidine rings is 1. The second kappa shape index (κ2) is 6.73. The van der Waals surface area contributed by atoms with Gasteiger partial charge in [0.25, 0.3) is 0 Å². The normalized spacial score (nSPS) is 18.0. The first-order valence-electron chi connectivity index (χ1n) is 8.35. The van der Waals surface area contributed by atoms with Gasteiger partial charge in [0.05, 0.1) is 17.7 Å². The van der Waals surface area contributed by atoms with E-state index in [0.717, 1.165) is 31.1 Å². The van der Waals surface area contributed by atoms with Crippen LogP contribution in [-0.4, -0.2) is 32.6 Å². The van der Waals surface area contributed by atoms with E-state index in [4.69, 9.17) is 0 Å². The fourth-order valence-corrected chi connectivity index (χ4v) is 3.90. The molecule has 6 heteroatoms. The summed E-state index contributed by atoms with van der Waals surface area (Å²) >= 11 is 1.64. The number of anilines is 1. The van der Waals surface area contributed by atoms with Gasteiger partial charge in [-0.25, -0.2) is 15.0 Å². The lowest BCUT2D eigenvalue weighted by molar-refractivity contribution is 0.473. The highest BCUT2D eigenvalue weighted by Gasteiger charge is 2.25. The third-order valence-corrected chi connectivity index (χ3v) is 5.21. The van der Waals surface area contributed by atoms with E-state index >= 15 is 0 Å². The minimum atomic E-state index is 0.440. The van der Waals surface area contributed by atoms with Gasteiger partial charge >= 0.3 is 0 Å². The molecule has 0 aromatic carbocycles. The monoisotopic (exact) mass is 339 g/mol. The summed E-state index contributed by atoms with van der Waals surface area (Å²) in [6.45, 7) is 4.92. The molecule has 1 saturated heterocycles. The molecule has 0 unspecified atom stereocenters. The van der Waals surface area contributed by atoms with Crippen LogP contribution in [0, 0.1) is 6.92 Å². The van der Waals surface area contributed by atoms with E-state index in [-0.39, 0.29) is 0 Å². The number of pyridine rings is 1. The number of aromatic nitrogens is 4. The number of imidazole rings is 1. The van der Waals surface area contributed by atoms with Gasteiger partial charge in [-0.15, -0.1) is 11.3 Å². The standard InChI is InChI=1S/C18H21N5S/c1-14-4-5-17(20-9-14)22-7-2-3-15(10-22)18-19-6-8-23(18)11-16-12-24-13-21-16/h4-6,8-9,12-13,15H,2-3,7,10-11H2,1H3/t15-/m0/s1. The Hall–Kier alpha value is -2.21. The summed E-state index contributed by atoms with van der Waals surface area (Å²) in [5.41, 5.74) is 4.19. The van der Waals surface area contributed by atoms with Crippen molar-refractivity contribution in [1.82, 2.24) is 19.5 Å². The summed E-state index contributed by atoms with van der Waals surface area (Å²) < 4.78 is 2.24. The summed E-state index contributed by atoms with van der Waals surface area (Å²) in [5, 5.41) is 2.10. The van der Waals surface area contributed by atoms with Crippen molar-refractivity contribution in [3.63, 3.8) is 0 Å². The molecule has 124 valence electrons. The summed E-state index contributed by atoms with van der Waals surface area (Å²) in [4.78, 5) is 16.0. The molecule has 4 rings (SSSR count). The molecule has 1 aliphatic rings. The van der Waals surface area contributed by atoms with Crippen LogP contribution in [0.25, 0.3) is 0 Å². The molecule has 3 aromatic rings. The maximum atomic E-state index is 4.65. The molecule has 1 atom stereocenters. The highest BCUT2D eigenvalue weighted by Crippen LogP contribution is 2.28. The fraction of sp³-hybridized carbons (Fsp3) is 0.389. The lowest BCUT2D eigenvalue weighted by Crippen LogP contribution is -2.36. The first kappa shape index (κ1) is 15.3. The van der Waals surface area contributed by atoms with Crippen LogP contribution < -0.4 is 4.90 Å². The Bertz CT molecular complexity index is 778. The number of thiazole rings is 1. The van der Waals surface area contributed by atoms with Crippen molar-refractivity contribution in [2.45, 2.75) is 32.2 Å². The SMILES string of the molecule is Cc1ccc(N2CCC[C@H](c3nccn3Cc3cscn3)C2)nc1. The number of nitrogens with zero attached hydrogens (tertiary/aromatic N) is 5. The van der Waals surface area contributed by atoms with Crippen molar-refractivity contribution in [2.75, 3.05) is 18.0 Å². The molecule has 0 N–H and O–H groups in total. The summed E-state index contributed by atoms with van der Waals surface area (Å²) in [6, 6.07) is 4.26. The maximum absolute atomic E-state index is 4.65. The second-order valence-electron chi connectivity index (χ2n) is 6.37. The molecule has 0 saturated carbocycles. The van der Waals surface area contributed by atoms with Gasteiger partial charge in [0, 0.05) is 43.0 Å². The Labute approximate surface area is 146 Å². The van der Waals surface area contributed by atoms with E-state index < -0.39 is 0 Å². The fourth-order valence-electron chi connectivity index (χ4n) is 3.35. The zero-order chi connectivity index (χ0) is 16.4. The molecule has 1 fully saturated rings. The number of rotatable bonds is 4. The van der Waals surface area contributed by atoms with E-state index in [1.54, 1.807) is 11.3 Å². The number of hydrogen-bond donors (Lipinski definition) is 0. The van der Waals surface area contributed by atoms with Crippen LogP contribution in [0.3, 0.4) is 0 Å². The van der Waals surface area contributed by atoms with Crippen LogP contribution in [0.2, 0.25) is 0 Å². The van der Waals surface area contributed by atoms with Gasteiger partial charge in [0.1, 0.15) is 11.6 Å². The van der Waals surface area contributed by atoms with E-state index in [1.807, 2.05) is 17.9 Å². The van der Waals surface area contributed by atoms with E-state index in [1.165, 1.54) is 24.2 Å². The smallest absolute Gasteiger partial charge is 0.128 e. The minimum absolute atomic E-state index is 0.440. The predicted molar refractivity (Wildman–Crippen MR) is 96.6 cm³/mol. The second-order valence-corrected chi connectivity index (χ2v) is 7.09. The Morgan fingerprint density at radius 2 is 2.21 bits per heavy atom. The van der Waals surface area contributed by atoms with Crippen molar-refractivity contribution in [1.29, 1.82) is 0 Å². The van der Waals surface area contributed by atoms with Gasteiger partial charge in [0.15, 0.2) is 0 Å². The molecule has 0 bridgehead atoms. The van der Waals surface area contributed by atoms with Crippen molar-refractivity contribution in [3.05, 3.63) is 58.7 Å². The zero-order valence-electron chi connectivity index (χ0n) is 13.8. The molecule has 5 nitrogen and oxygen atoms in total. The van der Waals surface area contributed by atoms with E-state index in [9.17, 15) is 0 Å². The Kier molecular flexibility index (Phi) is 4.30. The molecule has 4 heterocycles. The lowest BCUT2D eigenvalue weighted by atomic mass is 9.97. The Morgan fingerprint density at radius 3 is 3.00 bits per heavy atom. The van der Waals surface area contributed by atoms with Gasteiger partial charge in [-0.1, -0.05) is 6.07 Å². The third-order valence-electron chi connectivity index (χ3n) is 4.57. The van der Waals surface area contributed by atoms with Crippen LogP contribution >= 0.6 is 11.3 Å². The van der Waals surface area contributed by atoms with Crippen molar-refractivity contribution in [3.8, 4) is 0 Å². The number of aryl methyl sites for hydroxylation is 1. The van der Waals surface area contributed by atoms with Gasteiger partial charge in [0.2, 0.25) is 0 Å². The molecule has 1 aliphatic heterocycles. The Balaban J connectivity index is 1.52. The van der Waals surface area contributed by atoms with Gasteiger partial charge in [-0.05, 0) is 31.4 Å². The molecular weight excluding hydrogens is 318 g/mol. The number of hydrogen-bond acceptors (Lipinski definition) is 5. The van der Waals surface area contributed by atoms with Crippen LogP contribution in [0.5, 0.6) is 0 Å². The molecule has 3 aromatic heterocycles. The van der Waals surface area contributed by atoms with Crippen molar-refractivity contribution < 1.29 is 0 Å². The topological polar surface area (TPSA) is 46.8 Å². The van der Waals surface area contributed by atoms with Crippen molar-refractivity contribution >= 4 is 17.2 Å². The predicted octanol–water partition coefficient (Wildman–Crippen LogP) is 3.48. The summed E-state index contributed by atoms with van der Waals surface area (Å²) in [5.74, 6) is 2.68. The van der Waals surface area contributed by atoms with E-state index in [2.05, 4.69) is 55.1 Å². The summed E-state index contributed by atoms with van der Waals surface area (Å²) in [6.07, 6.45) is 8.27. The van der Waals surface area contributed by atoms with Crippen LogP contribution in [0.15, 0.2) is 41.6 Å².